The van der Waals surface area contributed by atoms with Gasteiger partial charge in [-0.1, -0.05) is 28.1 Å². The third-order valence-electron chi connectivity index (χ3n) is 6.06. The van der Waals surface area contributed by atoms with Crippen LogP contribution >= 0.6 is 15.9 Å². The number of hydrogen-bond acceptors (Lipinski definition) is 6. The molecule has 1 aliphatic heterocycles. The van der Waals surface area contributed by atoms with E-state index in [0.717, 1.165) is 15.4 Å². The number of nitrogens with zero attached hydrogens (tertiary/aromatic N) is 1. The first-order chi connectivity index (χ1) is 16.9. The molecule has 6 rings (SSSR count). The van der Waals surface area contributed by atoms with E-state index in [-0.39, 0.29) is 11.4 Å². The normalized spacial score (nSPS) is 13.7. The van der Waals surface area contributed by atoms with Crippen LogP contribution in [0.25, 0.3) is 33.1 Å². The van der Waals surface area contributed by atoms with Gasteiger partial charge < -0.3 is 13.6 Å². The Labute approximate surface area is 206 Å². The van der Waals surface area contributed by atoms with Crippen LogP contribution in [-0.4, -0.2) is 11.6 Å². The van der Waals surface area contributed by atoms with Crippen LogP contribution < -0.4 is 16.0 Å². The largest absolute Gasteiger partial charge is 0.478 e. The monoisotopic (exact) mass is 533 g/mol. The lowest BCUT2D eigenvalue weighted by Gasteiger charge is -2.29. The van der Waals surface area contributed by atoms with E-state index < -0.39 is 11.3 Å². The van der Waals surface area contributed by atoms with Crippen molar-refractivity contribution < 1.29 is 18.0 Å². The molecule has 0 radical (unpaired) electrons. The highest BCUT2D eigenvalue weighted by atomic mass is 79.9. The van der Waals surface area contributed by atoms with E-state index in [0.29, 0.717) is 53.2 Å². The second kappa shape index (κ2) is 8.48. The number of fused-ring (bicyclic) bond motifs is 4. The van der Waals surface area contributed by atoms with E-state index in [1.54, 1.807) is 36.4 Å². The second-order valence-corrected chi connectivity index (χ2v) is 9.33. The predicted molar refractivity (Wildman–Crippen MR) is 133 cm³/mol. The van der Waals surface area contributed by atoms with Crippen LogP contribution in [0.4, 0.5) is 4.39 Å². The predicted octanol–water partition coefficient (Wildman–Crippen LogP) is 5.82. The van der Waals surface area contributed by atoms with Crippen molar-refractivity contribution in [2.24, 2.45) is 0 Å². The average Bonchev–Trinajstić information content (AvgIpc) is 2.85. The van der Waals surface area contributed by atoms with Gasteiger partial charge in [0, 0.05) is 40.0 Å². The van der Waals surface area contributed by atoms with Gasteiger partial charge in [0.25, 0.3) is 0 Å². The van der Waals surface area contributed by atoms with Gasteiger partial charge in [-0.25, -0.2) is 14.0 Å². The van der Waals surface area contributed by atoms with Crippen molar-refractivity contribution in [1.82, 2.24) is 4.90 Å². The maximum absolute atomic E-state index is 13.3. The van der Waals surface area contributed by atoms with Crippen molar-refractivity contribution in [1.29, 1.82) is 0 Å². The highest BCUT2D eigenvalue weighted by Crippen LogP contribution is 2.36. The van der Waals surface area contributed by atoms with Crippen LogP contribution in [0.2, 0.25) is 0 Å². The quantitative estimate of drug-likeness (QED) is 0.272. The lowest BCUT2D eigenvalue weighted by Crippen LogP contribution is -2.31. The molecule has 0 saturated carbocycles. The Balaban J connectivity index is 1.47. The summed E-state index contributed by atoms with van der Waals surface area (Å²) in [5, 5.41) is 1.33. The van der Waals surface area contributed by atoms with E-state index in [4.69, 9.17) is 13.6 Å². The molecule has 174 valence electrons. The van der Waals surface area contributed by atoms with Gasteiger partial charge in [0.1, 0.15) is 29.5 Å². The maximum Gasteiger partial charge on any atom is 0.344 e. The maximum atomic E-state index is 13.3. The number of benzene rings is 3. The second-order valence-electron chi connectivity index (χ2n) is 8.41. The third kappa shape index (κ3) is 4.05. The van der Waals surface area contributed by atoms with E-state index in [9.17, 15) is 14.0 Å². The van der Waals surface area contributed by atoms with Gasteiger partial charge in [-0.15, -0.1) is 0 Å². The number of rotatable bonds is 3. The minimum atomic E-state index is -0.578. The number of halogens is 2. The Morgan fingerprint density at radius 3 is 2.57 bits per heavy atom. The van der Waals surface area contributed by atoms with Gasteiger partial charge >= 0.3 is 11.3 Å². The summed E-state index contributed by atoms with van der Waals surface area (Å²) >= 11 is 3.44. The fourth-order valence-corrected chi connectivity index (χ4v) is 4.81. The Kier molecular flexibility index (Phi) is 5.27. The molecule has 0 fully saturated rings. The molecule has 0 saturated heterocycles. The van der Waals surface area contributed by atoms with Crippen LogP contribution in [0.3, 0.4) is 0 Å². The standard InChI is InChI=1S/C27H17BrFNO5/c28-17-3-7-23-16(9-17)10-21(27(32)34-23)20-11-25(31)35-26-19(20)6-8-24-22(26)13-30(14-33-24)12-15-1-4-18(29)5-2-15/h1-11H,12-14H2. The summed E-state index contributed by atoms with van der Waals surface area (Å²) in [5.74, 6) is 0.322. The summed E-state index contributed by atoms with van der Waals surface area (Å²) in [6.45, 7) is 1.32. The molecule has 0 aliphatic carbocycles. The van der Waals surface area contributed by atoms with Gasteiger partial charge in [0.2, 0.25) is 0 Å². The number of hydrogen-bond donors (Lipinski definition) is 0. The minimum Gasteiger partial charge on any atom is -0.478 e. The molecule has 0 amide bonds. The van der Waals surface area contributed by atoms with Crippen molar-refractivity contribution in [3.05, 3.63) is 109 Å². The van der Waals surface area contributed by atoms with Gasteiger partial charge in [-0.3, -0.25) is 4.90 Å². The molecule has 0 unspecified atom stereocenters. The fourth-order valence-electron chi connectivity index (χ4n) is 4.43. The molecule has 6 nitrogen and oxygen atoms in total. The first kappa shape index (κ1) is 21.8. The van der Waals surface area contributed by atoms with Crippen molar-refractivity contribution in [3.63, 3.8) is 0 Å². The van der Waals surface area contributed by atoms with Crippen molar-refractivity contribution in [2.75, 3.05) is 6.73 Å². The fraction of sp³-hybridized carbons (Fsp3) is 0.111. The van der Waals surface area contributed by atoms with E-state index in [2.05, 4.69) is 15.9 Å². The van der Waals surface area contributed by atoms with Crippen LogP contribution in [-0.2, 0) is 13.1 Å². The summed E-state index contributed by atoms with van der Waals surface area (Å²) in [6, 6.07) is 18.3. The highest BCUT2D eigenvalue weighted by molar-refractivity contribution is 9.10. The molecular formula is C27H17BrFNO5. The van der Waals surface area contributed by atoms with Gasteiger partial charge in [0.05, 0.1) is 11.1 Å². The molecule has 3 aromatic carbocycles. The molecule has 8 heteroatoms. The van der Waals surface area contributed by atoms with E-state index >= 15 is 0 Å². The Hall–Kier alpha value is -3.75. The summed E-state index contributed by atoms with van der Waals surface area (Å²) in [7, 11) is 0. The first-order valence-corrected chi connectivity index (χ1v) is 11.7. The first-order valence-electron chi connectivity index (χ1n) is 10.9. The molecule has 0 spiro atoms. The zero-order valence-electron chi connectivity index (χ0n) is 18.2. The SMILES string of the molecule is O=c1cc(-c2cc3cc(Br)ccc3oc2=O)c2ccc3c(c2o1)CN(Cc1ccc(F)cc1)CO3. The summed E-state index contributed by atoms with van der Waals surface area (Å²) in [6.07, 6.45) is 0. The molecule has 5 aromatic rings. The van der Waals surface area contributed by atoms with Crippen LogP contribution in [0.1, 0.15) is 11.1 Å². The third-order valence-corrected chi connectivity index (χ3v) is 6.55. The van der Waals surface area contributed by atoms with Crippen LogP contribution in [0.5, 0.6) is 5.75 Å². The van der Waals surface area contributed by atoms with Gasteiger partial charge in [0.15, 0.2) is 0 Å². The molecule has 0 bridgehead atoms. The van der Waals surface area contributed by atoms with E-state index in [1.165, 1.54) is 18.2 Å². The van der Waals surface area contributed by atoms with Gasteiger partial charge in [-0.2, -0.15) is 0 Å². The van der Waals surface area contributed by atoms with Crippen molar-refractivity contribution in [2.45, 2.75) is 13.1 Å². The zero-order chi connectivity index (χ0) is 24.1. The summed E-state index contributed by atoms with van der Waals surface area (Å²) < 4.78 is 31.2. The molecule has 3 heterocycles. The Morgan fingerprint density at radius 1 is 0.914 bits per heavy atom. The molecule has 0 atom stereocenters. The lowest BCUT2D eigenvalue weighted by molar-refractivity contribution is 0.0889. The molecule has 0 N–H and O–H groups in total. The number of ether oxygens (including phenoxy) is 1. The van der Waals surface area contributed by atoms with Crippen molar-refractivity contribution >= 4 is 37.9 Å². The van der Waals surface area contributed by atoms with Crippen molar-refractivity contribution in [3.8, 4) is 16.9 Å². The smallest absolute Gasteiger partial charge is 0.344 e. The van der Waals surface area contributed by atoms with E-state index in [1.807, 2.05) is 17.0 Å². The topological polar surface area (TPSA) is 72.9 Å². The zero-order valence-corrected chi connectivity index (χ0v) is 19.8. The summed E-state index contributed by atoms with van der Waals surface area (Å²) in [5.41, 5.74) is 2.05. The highest BCUT2D eigenvalue weighted by Gasteiger charge is 2.24. The minimum absolute atomic E-state index is 0.272. The summed E-state index contributed by atoms with van der Waals surface area (Å²) in [4.78, 5) is 27.5. The van der Waals surface area contributed by atoms with Crippen LogP contribution in [0, 0.1) is 5.82 Å². The van der Waals surface area contributed by atoms with Crippen LogP contribution in [0.15, 0.2) is 89.6 Å². The molecule has 1 aliphatic rings. The Morgan fingerprint density at radius 2 is 1.74 bits per heavy atom. The molecule has 2 aromatic heterocycles. The lowest BCUT2D eigenvalue weighted by atomic mass is 9.99. The van der Waals surface area contributed by atoms with Gasteiger partial charge in [-0.05, 0) is 54.1 Å². The average molecular weight is 534 g/mol. The Bertz CT molecular complexity index is 1730. The molecule has 35 heavy (non-hydrogen) atoms. The molecular weight excluding hydrogens is 517 g/mol.